The minimum Gasteiger partial charge on any atom is -0.350 e. The Morgan fingerprint density at radius 1 is 1.39 bits per heavy atom. The van der Waals surface area contributed by atoms with Gasteiger partial charge in [0, 0.05) is 25.0 Å². The first-order valence-corrected chi connectivity index (χ1v) is 6.49. The standard InChI is InChI=1S/C13H25N3O2/c1-13(2,3)15-11(17)8-16(4)12(18)7-10(14)9-5-6-9/h9-10H,5-8,14H2,1-4H3,(H,15,17). The van der Waals surface area contributed by atoms with Gasteiger partial charge in [-0.05, 0) is 39.5 Å². The molecule has 2 amide bonds. The summed E-state index contributed by atoms with van der Waals surface area (Å²) in [5, 5.41) is 2.83. The molecule has 104 valence electrons. The van der Waals surface area contributed by atoms with Gasteiger partial charge < -0.3 is 16.0 Å². The second kappa shape index (κ2) is 5.69. The first kappa shape index (κ1) is 15.0. The van der Waals surface area contributed by atoms with Crippen LogP contribution in [0.4, 0.5) is 0 Å². The van der Waals surface area contributed by atoms with Crippen molar-refractivity contribution in [3.63, 3.8) is 0 Å². The number of rotatable bonds is 5. The zero-order valence-electron chi connectivity index (χ0n) is 11.8. The van der Waals surface area contributed by atoms with E-state index in [2.05, 4.69) is 5.32 Å². The molecule has 0 aliphatic heterocycles. The van der Waals surface area contributed by atoms with Crippen LogP contribution in [-0.2, 0) is 9.59 Å². The van der Waals surface area contributed by atoms with Gasteiger partial charge in [0.1, 0.15) is 0 Å². The lowest BCUT2D eigenvalue weighted by molar-refractivity contribution is -0.135. The smallest absolute Gasteiger partial charge is 0.240 e. The number of hydrogen-bond acceptors (Lipinski definition) is 3. The second-order valence-electron chi connectivity index (χ2n) is 6.25. The first-order valence-electron chi connectivity index (χ1n) is 6.49. The van der Waals surface area contributed by atoms with Crippen LogP contribution in [0.1, 0.15) is 40.0 Å². The van der Waals surface area contributed by atoms with E-state index in [0.29, 0.717) is 12.3 Å². The molecule has 1 aliphatic rings. The molecule has 5 heteroatoms. The van der Waals surface area contributed by atoms with Crippen molar-refractivity contribution in [1.82, 2.24) is 10.2 Å². The van der Waals surface area contributed by atoms with E-state index in [9.17, 15) is 9.59 Å². The average Bonchev–Trinajstić information content (AvgIpc) is 2.96. The SMILES string of the molecule is CN(CC(=O)NC(C)(C)C)C(=O)CC(N)C1CC1. The summed E-state index contributed by atoms with van der Waals surface area (Å²) in [7, 11) is 1.64. The highest BCUT2D eigenvalue weighted by atomic mass is 16.2. The Bertz CT molecular complexity index is 319. The van der Waals surface area contributed by atoms with Crippen LogP contribution in [0.15, 0.2) is 0 Å². The van der Waals surface area contributed by atoms with Crippen LogP contribution in [-0.4, -0.2) is 41.9 Å². The van der Waals surface area contributed by atoms with E-state index in [1.807, 2.05) is 20.8 Å². The number of hydrogen-bond donors (Lipinski definition) is 2. The van der Waals surface area contributed by atoms with Gasteiger partial charge in [0.15, 0.2) is 0 Å². The van der Waals surface area contributed by atoms with Gasteiger partial charge in [-0.15, -0.1) is 0 Å². The van der Waals surface area contributed by atoms with Crippen molar-refractivity contribution in [2.75, 3.05) is 13.6 Å². The molecule has 1 saturated carbocycles. The van der Waals surface area contributed by atoms with Crippen molar-refractivity contribution >= 4 is 11.8 Å². The quantitative estimate of drug-likeness (QED) is 0.750. The molecule has 5 nitrogen and oxygen atoms in total. The largest absolute Gasteiger partial charge is 0.350 e. The van der Waals surface area contributed by atoms with Crippen LogP contribution in [0.3, 0.4) is 0 Å². The van der Waals surface area contributed by atoms with Crippen LogP contribution in [0, 0.1) is 5.92 Å². The predicted molar refractivity (Wildman–Crippen MR) is 70.8 cm³/mol. The Balaban J connectivity index is 2.32. The Kier molecular flexibility index (Phi) is 4.73. The van der Waals surface area contributed by atoms with Gasteiger partial charge in [-0.2, -0.15) is 0 Å². The Morgan fingerprint density at radius 3 is 2.39 bits per heavy atom. The van der Waals surface area contributed by atoms with Crippen molar-refractivity contribution in [2.24, 2.45) is 11.7 Å². The number of carbonyl (C=O) groups is 2. The molecule has 0 saturated heterocycles. The monoisotopic (exact) mass is 255 g/mol. The zero-order valence-corrected chi connectivity index (χ0v) is 11.8. The maximum atomic E-state index is 11.9. The van der Waals surface area contributed by atoms with Gasteiger partial charge in [0.25, 0.3) is 0 Å². The lowest BCUT2D eigenvalue weighted by atomic mass is 10.1. The molecule has 1 aliphatic carbocycles. The Hall–Kier alpha value is -1.10. The molecule has 0 bridgehead atoms. The predicted octanol–water partition coefficient (Wildman–Crippen LogP) is 0.487. The Labute approximate surface area is 109 Å². The van der Waals surface area contributed by atoms with Crippen LogP contribution in [0.5, 0.6) is 0 Å². The minimum atomic E-state index is -0.272. The third-order valence-corrected chi connectivity index (χ3v) is 2.96. The molecule has 1 fully saturated rings. The topological polar surface area (TPSA) is 75.4 Å². The molecule has 1 atom stereocenters. The van der Waals surface area contributed by atoms with E-state index < -0.39 is 0 Å². The molecule has 1 rings (SSSR count). The molecule has 0 radical (unpaired) electrons. The summed E-state index contributed by atoms with van der Waals surface area (Å²) in [6.45, 7) is 5.83. The zero-order chi connectivity index (χ0) is 13.9. The highest BCUT2D eigenvalue weighted by Crippen LogP contribution is 2.32. The molecule has 0 aromatic carbocycles. The number of amides is 2. The maximum absolute atomic E-state index is 11.9. The van der Waals surface area contributed by atoms with E-state index in [0.717, 1.165) is 12.8 Å². The van der Waals surface area contributed by atoms with Gasteiger partial charge >= 0.3 is 0 Å². The fourth-order valence-corrected chi connectivity index (χ4v) is 1.81. The van der Waals surface area contributed by atoms with Crippen molar-refractivity contribution in [1.29, 1.82) is 0 Å². The highest BCUT2D eigenvalue weighted by Gasteiger charge is 2.30. The number of likely N-dealkylation sites (N-methyl/N-ethyl adjacent to an activating group) is 1. The summed E-state index contributed by atoms with van der Waals surface area (Å²) in [6.07, 6.45) is 2.59. The third kappa shape index (κ3) is 5.49. The van der Waals surface area contributed by atoms with Crippen molar-refractivity contribution in [3.8, 4) is 0 Å². The van der Waals surface area contributed by atoms with E-state index in [1.165, 1.54) is 4.90 Å². The summed E-state index contributed by atoms with van der Waals surface area (Å²) in [6, 6.07) is -0.0503. The average molecular weight is 255 g/mol. The second-order valence-corrected chi connectivity index (χ2v) is 6.25. The number of nitrogens with one attached hydrogen (secondary N) is 1. The summed E-state index contributed by atoms with van der Waals surface area (Å²) < 4.78 is 0. The molecular formula is C13H25N3O2. The van der Waals surface area contributed by atoms with Crippen LogP contribution in [0.25, 0.3) is 0 Å². The summed E-state index contributed by atoms with van der Waals surface area (Å²) in [4.78, 5) is 25.0. The molecule has 0 aromatic heterocycles. The lowest BCUT2D eigenvalue weighted by Gasteiger charge is -2.24. The highest BCUT2D eigenvalue weighted by molar-refractivity contribution is 5.85. The molecular weight excluding hydrogens is 230 g/mol. The van der Waals surface area contributed by atoms with Crippen molar-refractivity contribution in [3.05, 3.63) is 0 Å². The number of nitrogens with zero attached hydrogens (tertiary/aromatic N) is 1. The summed E-state index contributed by atoms with van der Waals surface area (Å²) in [5.41, 5.74) is 5.63. The fourth-order valence-electron chi connectivity index (χ4n) is 1.81. The Morgan fingerprint density at radius 2 is 1.94 bits per heavy atom. The van der Waals surface area contributed by atoms with Crippen molar-refractivity contribution in [2.45, 2.75) is 51.6 Å². The van der Waals surface area contributed by atoms with Crippen LogP contribution >= 0.6 is 0 Å². The van der Waals surface area contributed by atoms with Crippen molar-refractivity contribution < 1.29 is 9.59 Å². The molecule has 1 unspecified atom stereocenters. The minimum absolute atomic E-state index is 0.0503. The van der Waals surface area contributed by atoms with E-state index in [1.54, 1.807) is 7.05 Å². The van der Waals surface area contributed by atoms with E-state index >= 15 is 0 Å². The molecule has 0 heterocycles. The van der Waals surface area contributed by atoms with E-state index in [-0.39, 0.29) is 29.9 Å². The number of carbonyl (C=O) groups excluding carboxylic acids is 2. The van der Waals surface area contributed by atoms with Crippen LogP contribution < -0.4 is 11.1 Å². The summed E-state index contributed by atoms with van der Waals surface area (Å²) in [5.74, 6) is 0.308. The first-order chi connectivity index (χ1) is 8.19. The van der Waals surface area contributed by atoms with Gasteiger partial charge in [-0.1, -0.05) is 0 Å². The molecule has 0 aromatic rings. The normalized spacial score (nSPS) is 17.2. The van der Waals surface area contributed by atoms with Crippen LogP contribution in [0.2, 0.25) is 0 Å². The fraction of sp³-hybridized carbons (Fsp3) is 0.846. The van der Waals surface area contributed by atoms with Gasteiger partial charge in [0.05, 0.1) is 6.54 Å². The summed E-state index contributed by atoms with van der Waals surface area (Å²) >= 11 is 0. The van der Waals surface area contributed by atoms with Gasteiger partial charge in [-0.3, -0.25) is 9.59 Å². The molecule has 3 N–H and O–H groups in total. The third-order valence-electron chi connectivity index (χ3n) is 2.96. The van der Waals surface area contributed by atoms with E-state index in [4.69, 9.17) is 5.73 Å². The van der Waals surface area contributed by atoms with Gasteiger partial charge in [-0.25, -0.2) is 0 Å². The molecule has 0 spiro atoms. The lowest BCUT2D eigenvalue weighted by Crippen LogP contribution is -2.47. The van der Waals surface area contributed by atoms with Gasteiger partial charge in [0.2, 0.25) is 11.8 Å². The molecule has 18 heavy (non-hydrogen) atoms. The maximum Gasteiger partial charge on any atom is 0.240 e. The number of nitrogens with two attached hydrogens (primary N) is 1.